The van der Waals surface area contributed by atoms with Gasteiger partial charge in [-0.25, -0.2) is 0 Å². The zero-order valence-electron chi connectivity index (χ0n) is 10.9. The van der Waals surface area contributed by atoms with Crippen molar-refractivity contribution >= 4 is 11.6 Å². The van der Waals surface area contributed by atoms with Crippen LogP contribution in [-0.4, -0.2) is 38.2 Å². The monoisotopic (exact) mass is 268 g/mol. The zero-order chi connectivity index (χ0) is 13.0. The van der Waals surface area contributed by atoms with E-state index in [0.717, 1.165) is 49.8 Å². The molecule has 1 aromatic rings. The lowest BCUT2D eigenvalue weighted by molar-refractivity contribution is 0.216. The van der Waals surface area contributed by atoms with Crippen molar-refractivity contribution < 1.29 is 4.74 Å². The second kappa shape index (κ2) is 6.41. The third-order valence-electron chi connectivity index (χ3n) is 3.66. The summed E-state index contributed by atoms with van der Waals surface area (Å²) in [6.07, 6.45) is 2.30. The van der Waals surface area contributed by atoms with Crippen LogP contribution in [0.2, 0.25) is 5.02 Å². The summed E-state index contributed by atoms with van der Waals surface area (Å²) in [5.74, 6) is 1.50. The SMILES string of the molecule is COc1ccc(Cl)cc1C1CCN(CCN)CC1. The highest BCUT2D eigenvalue weighted by molar-refractivity contribution is 6.30. The summed E-state index contributed by atoms with van der Waals surface area (Å²) in [5, 5.41) is 0.787. The van der Waals surface area contributed by atoms with Crippen LogP contribution in [0.25, 0.3) is 0 Å². The van der Waals surface area contributed by atoms with E-state index >= 15 is 0 Å². The van der Waals surface area contributed by atoms with Crippen LogP contribution < -0.4 is 10.5 Å². The molecule has 1 aliphatic rings. The van der Waals surface area contributed by atoms with Gasteiger partial charge in [0.25, 0.3) is 0 Å². The highest BCUT2D eigenvalue weighted by Gasteiger charge is 2.22. The maximum atomic E-state index is 6.09. The molecule has 0 saturated carbocycles. The quantitative estimate of drug-likeness (QED) is 0.912. The number of piperidine rings is 1. The fraction of sp³-hybridized carbons (Fsp3) is 0.571. The van der Waals surface area contributed by atoms with Crippen LogP contribution in [0.15, 0.2) is 18.2 Å². The second-order valence-electron chi connectivity index (χ2n) is 4.79. The number of ether oxygens (including phenoxy) is 1. The predicted octanol–water partition coefficient (Wildman–Crippen LogP) is 2.49. The van der Waals surface area contributed by atoms with Gasteiger partial charge in [-0.2, -0.15) is 0 Å². The zero-order valence-corrected chi connectivity index (χ0v) is 11.6. The third-order valence-corrected chi connectivity index (χ3v) is 3.90. The van der Waals surface area contributed by atoms with Gasteiger partial charge < -0.3 is 15.4 Å². The minimum atomic E-state index is 0.549. The van der Waals surface area contributed by atoms with Gasteiger partial charge in [0.2, 0.25) is 0 Å². The standard InChI is InChI=1S/C14H21ClN2O/c1-18-14-3-2-12(15)10-13(14)11-4-7-17(8-5-11)9-6-16/h2-3,10-11H,4-9,16H2,1H3. The predicted molar refractivity (Wildman–Crippen MR) is 75.5 cm³/mol. The Morgan fingerprint density at radius 3 is 2.72 bits per heavy atom. The summed E-state index contributed by atoms with van der Waals surface area (Å²) in [6, 6.07) is 5.89. The summed E-state index contributed by atoms with van der Waals surface area (Å²) >= 11 is 6.09. The topological polar surface area (TPSA) is 38.5 Å². The Bertz CT molecular complexity index is 389. The van der Waals surface area contributed by atoms with Gasteiger partial charge >= 0.3 is 0 Å². The lowest BCUT2D eigenvalue weighted by Crippen LogP contribution is -2.36. The summed E-state index contributed by atoms with van der Waals surface area (Å²) in [7, 11) is 1.72. The number of methoxy groups -OCH3 is 1. The lowest BCUT2D eigenvalue weighted by atomic mass is 9.89. The number of hydrogen-bond donors (Lipinski definition) is 1. The first-order valence-corrected chi connectivity index (χ1v) is 6.88. The van der Waals surface area contributed by atoms with E-state index in [1.54, 1.807) is 7.11 Å². The molecule has 3 nitrogen and oxygen atoms in total. The molecule has 0 atom stereocenters. The number of nitrogens with zero attached hydrogens (tertiary/aromatic N) is 1. The largest absolute Gasteiger partial charge is 0.496 e. The van der Waals surface area contributed by atoms with Crippen molar-refractivity contribution in [3.05, 3.63) is 28.8 Å². The molecule has 4 heteroatoms. The van der Waals surface area contributed by atoms with Crippen molar-refractivity contribution in [2.45, 2.75) is 18.8 Å². The van der Waals surface area contributed by atoms with Crippen LogP contribution in [0.4, 0.5) is 0 Å². The van der Waals surface area contributed by atoms with E-state index in [-0.39, 0.29) is 0 Å². The van der Waals surface area contributed by atoms with E-state index < -0.39 is 0 Å². The Labute approximate surface area is 114 Å². The fourth-order valence-electron chi connectivity index (χ4n) is 2.67. The maximum Gasteiger partial charge on any atom is 0.122 e. The molecule has 2 rings (SSSR count). The van der Waals surface area contributed by atoms with Crippen LogP contribution in [0.3, 0.4) is 0 Å². The number of nitrogens with two attached hydrogens (primary N) is 1. The molecule has 0 aliphatic carbocycles. The minimum absolute atomic E-state index is 0.549. The molecular weight excluding hydrogens is 248 g/mol. The fourth-order valence-corrected chi connectivity index (χ4v) is 2.85. The molecule has 1 aromatic carbocycles. The van der Waals surface area contributed by atoms with Crippen molar-refractivity contribution in [2.75, 3.05) is 33.3 Å². The molecule has 1 fully saturated rings. The molecule has 2 N–H and O–H groups in total. The lowest BCUT2D eigenvalue weighted by Gasteiger charge is -2.32. The van der Waals surface area contributed by atoms with Crippen molar-refractivity contribution in [3.8, 4) is 5.75 Å². The van der Waals surface area contributed by atoms with E-state index in [9.17, 15) is 0 Å². The van der Waals surface area contributed by atoms with Crippen LogP contribution in [0.5, 0.6) is 5.75 Å². The maximum absolute atomic E-state index is 6.09. The van der Waals surface area contributed by atoms with Crippen molar-refractivity contribution in [1.29, 1.82) is 0 Å². The summed E-state index contributed by atoms with van der Waals surface area (Å²) in [5.41, 5.74) is 6.84. The average Bonchev–Trinajstić information content (AvgIpc) is 2.40. The number of rotatable bonds is 4. The number of benzene rings is 1. The molecule has 0 spiro atoms. The van der Waals surface area contributed by atoms with E-state index in [2.05, 4.69) is 4.90 Å². The van der Waals surface area contributed by atoms with Gasteiger partial charge in [-0.1, -0.05) is 11.6 Å². The normalized spacial score (nSPS) is 17.9. The molecule has 0 aromatic heterocycles. The summed E-state index contributed by atoms with van der Waals surface area (Å²) < 4.78 is 5.44. The molecular formula is C14H21ClN2O. The Balaban J connectivity index is 2.06. The first-order chi connectivity index (χ1) is 8.74. The van der Waals surface area contributed by atoms with Crippen molar-refractivity contribution in [1.82, 2.24) is 4.90 Å². The van der Waals surface area contributed by atoms with E-state index in [1.165, 1.54) is 5.56 Å². The first kappa shape index (κ1) is 13.7. The smallest absolute Gasteiger partial charge is 0.122 e. The highest BCUT2D eigenvalue weighted by atomic mass is 35.5. The number of likely N-dealkylation sites (tertiary alicyclic amines) is 1. The number of halogens is 1. The van der Waals surface area contributed by atoms with Crippen LogP contribution in [-0.2, 0) is 0 Å². The first-order valence-electron chi connectivity index (χ1n) is 6.50. The molecule has 0 radical (unpaired) electrons. The Morgan fingerprint density at radius 2 is 2.11 bits per heavy atom. The summed E-state index contributed by atoms with van der Waals surface area (Å²) in [4.78, 5) is 2.42. The Hall–Kier alpha value is -0.770. The molecule has 0 bridgehead atoms. The van der Waals surface area contributed by atoms with E-state index in [1.807, 2.05) is 18.2 Å². The molecule has 1 saturated heterocycles. The minimum Gasteiger partial charge on any atom is -0.496 e. The van der Waals surface area contributed by atoms with Gasteiger partial charge in [0.15, 0.2) is 0 Å². The van der Waals surface area contributed by atoms with Crippen LogP contribution in [0.1, 0.15) is 24.3 Å². The highest BCUT2D eigenvalue weighted by Crippen LogP contribution is 2.35. The Morgan fingerprint density at radius 1 is 1.39 bits per heavy atom. The molecule has 1 heterocycles. The van der Waals surface area contributed by atoms with Crippen molar-refractivity contribution in [2.24, 2.45) is 5.73 Å². The molecule has 18 heavy (non-hydrogen) atoms. The van der Waals surface area contributed by atoms with Gasteiger partial charge in [-0.05, 0) is 55.6 Å². The van der Waals surface area contributed by atoms with Gasteiger partial charge in [-0.15, -0.1) is 0 Å². The molecule has 0 unspecified atom stereocenters. The van der Waals surface area contributed by atoms with Crippen molar-refractivity contribution in [3.63, 3.8) is 0 Å². The van der Waals surface area contributed by atoms with Gasteiger partial charge in [0.1, 0.15) is 5.75 Å². The van der Waals surface area contributed by atoms with Gasteiger partial charge in [0.05, 0.1) is 7.11 Å². The van der Waals surface area contributed by atoms with Crippen LogP contribution in [0, 0.1) is 0 Å². The molecule has 0 amide bonds. The van der Waals surface area contributed by atoms with Gasteiger partial charge in [0, 0.05) is 18.1 Å². The number of hydrogen-bond acceptors (Lipinski definition) is 3. The average molecular weight is 269 g/mol. The third kappa shape index (κ3) is 3.16. The summed E-state index contributed by atoms with van der Waals surface area (Å²) in [6.45, 7) is 3.96. The second-order valence-corrected chi connectivity index (χ2v) is 5.23. The van der Waals surface area contributed by atoms with E-state index in [4.69, 9.17) is 22.1 Å². The molecule has 1 aliphatic heterocycles. The Kier molecular flexibility index (Phi) is 4.87. The van der Waals surface area contributed by atoms with E-state index in [0.29, 0.717) is 5.92 Å². The molecule has 100 valence electrons. The van der Waals surface area contributed by atoms with Crippen LogP contribution >= 0.6 is 11.6 Å². The van der Waals surface area contributed by atoms with Gasteiger partial charge in [-0.3, -0.25) is 0 Å².